The molecule has 5 rings (SSSR count). The highest BCUT2D eigenvalue weighted by Gasteiger charge is 2.34. The largest absolute Gasteiger partial charge is 0.396 e. The monoisotopic (exact) mass is 561 g/mol. The van der Waals surface area contributed by atoms with E-state index < -0.39 is 12.6 Å². The van der Waals surface area contributed by atoms with E-state index in [9.17, 15) is 13.2 Å². The Morgan fingerprint density at radius 1 is 1.21 bits per heavy atom. The van der Waals surface area contributed by atoms with Gasteiger partial charge in [-0.15, -0.1) is 0 Å². The summed E-state index contributed by atoms with van der Waals surface area (Å²) in [5, 5.41) is 11.2. The zero-order chi connectivity index (χ0) is 27.7. The minimum Gasteiger partial charge on any atom is -0.385 e. The molecule has 39 heavy (non-hydrogen) atoms. The van der Waals surface area contributed by atoms with Crippen LogP contribution in [0.4, 0.5) is 24.8 Å². The second-order valence-electron chi connectivity index (χ2n) is 9.64. The number of allylic oxidation sites excluding steroid dienone is 1. The zero-order valence-electron chi connectivity index (χ0n) is 21.6. The predicted octanol–water partition coefficient (Wildman–Crippen LogP) is 3.39. The highest BCUT2D eigenvalue weighted by Crippen LogP contribution is 2.33. The quantitative estimate of drug-likeness (QED) is 0.281. The molecule has 0 aliphatic carbocycles. The molecular formula is C25H30F3N9OS. The molecule has 10 nitrogen and oxygen atoms in total. The van der Waals surface area contributed by atoms with E-state index in [-0.39, 0.29) is 11.6 Å². The summed E-state index contributed by atoms with van der Waals surface area (Å²) < 4.78 is 45.8. The fourth-order valence-corrected chi connectivity index (χ4v) is 5.44. The number of halogens is 3. The molecule has 0 bridgehead atoms. The maximum Gasteiger partial charge on any atom is 0.396 e. The van der Waals surface area contributed by atoms with Crippen LogP contribution in [0.25, 0.3) is 11.0 Å². The van der Waals surface area contributed by atoms with Crippen LogP contribution in [0.15, 0.2) is 46.2 Å². The molecule has 2 aliphatic heterocycles. The standard InChI is InChI=1S/C25H30F3N9OS/c1-15(29)9-20(30)32-21-11-22(37-13-16(14-37)36-5-7-38-8-6-36)34-24(33-21)39-17-3-4-18-19(10-17)35(2)23(31-18)12-25(26,27)28/h3-4,9-11,16,29H,5-8,12-14,30H2,1-2H3,(H,32,33,34)/b20-9+,29-15?. The van der Waals surface area contributed by atoms with Gasteiger partial charge in [0.15, 0.2) is 5.16 Å². The SMILES string of the molecule is CC(=N)/C=C(\N)Nc1cc(N2CC(N3CCOCC3)C2)nc(Sc2ccc3nc(CC(F)(F)F)n(C)c3c2)n1. The van der Waals surface area contributed by atoms with Crippen LogP contribution in [0.2, 0.25) is 0 Å². The van der Waals surface area contributed by atoms with Gasteiger partial charge in [0.25, 0.3) is 0 Å². The van der Waals surface area contributed by atoms with E-state index in [1.807, 2.05) is 6.07 Å². The summed E-state index contributed by atoms with van der Waals surface area (Å²) in [6.07, 6.45) is -3.93. The smallest absolute Gasteiger partial charge is 0.385 e. The average Bonchev–Trinajstić information content (AvgIpc) is 3.11. The van der Waals surface area contributed by atoms with Gasteiger partial charge in [-0.25, -0.2) is 15.0 Å². The maximum absolute atomic E-state index is 13.0. The van der Waals surface area contributed by atoms with Crippen molar-refractivity contribution < 1.29 is 17.9 Å². The Kier molecular flexibility index (Phi) is 7.69. The van der Waals surface area contributed by atoms with E-state index in [0.29, 0.717) is 33.8 Å². The predicted molar refractivity (Wildman–Crippen MR) is 144 cm³/mol. The fraction of sp³-hybridized carbons (Fsp3) is 0.440. The number of hydrogen-bond donors (Lipinski definition) is 3. The van der Waals surface area contributed by atoms with Crippen molar-refractivity contribution in [1.29, 1.82) is 5.41 Å². The van der Waals surface area contributed by atoms with Crippen LogP contribution in [0.1, 0.15) is 12.7 Å². The normalized spacial score (nSPS) is 17.5. The van der Waals surface area contributed by atoms with Gasteiger partial charge in [-0.05, 0) is 43.0 Å². The van der Waals surface area contributed by atoms with Crippen LogP contribution in [0.3, 0.4) is 0 Å². The van der Waals surface area contributed by atoms with Crippen molar-refractivity contribution in [3.05, 3.63) is 42.0 Å². The number of aryl methyl sites for hydroxylation is 1. The lowest BCUT2D eigenvalue weighted by atomic mass is 10.1. The summed E-state index contributed by atoms with van der Waals surface area (Å²) >= 11 is 1.30. The number of aromatic nitrogens is 4. The van der Waals surface area contributed by atoms with Gasteiger partial charge < -0.3 is 30.7 Å². The van der Waals surface area contributed by atoms with Crippen molar-refractivity contribution in [3.8, 4) is 0 Å². The van der Waals surface area contributed by atoms with Crippen molar-refractivity contribution in [2.24, 2.45) is 12.8 Å². The molecule has 208 valence electrons. The minimum atomic E-state index is -4.34. The molecule has 0 amide bonds. The fourth-order valence-electron chi connectivity index (χ4n) is 4.64. The van der Waals surface area contributed by atoms with Gasteiger partial charge in [-0.1, -0.05) is 0 Å². The zero-order valence-corrected chi connectivity index (χ0v) is 22.4. The summed E-state index contributed by atoms with van der Waals surface area (Å²) in [5.41, 5.74) is 7.44. The van der Waals surface area contributed by atoms with Crippen molar-refractivity contribution in [2.45, 2.75) is 35.6 Å². The Hall–Kier alpha value is -3.36. The Bertz CT molecular complexity index is 1400. The van der Waals surface area contributed by atoms with Gasteiger partial charge >= 0.3 is 6.18 Å². The number of nitrogens with zero attached hydrogens (tertiary/aromatic N) is 6. The molecular weight excluding hydrogens is 531 g/mol. The first-order valence-electron chi connectivity index (χ1n) is 12.5. The molecule has 2 aliphatic rings. The van der Waals surface area contributed by atoms with Crippen molar-refractivity contribution >= 4 is 40.1 Å². The number of hydrogen-bond acceptors (Lipinski definition) is 10. The van der Waals surface area contributed by atoms with E-state index >= 15 is 0 Å². The molecule has 0 atom stereocenters. The second-order valence-corrected chi connectivity index (χ2v) is 10.7. The average molecular weight is 562 g/mol. The Labute approximate surface area is 227 Å². The molecule has 0 radical (unpaired) electrons. The number of ether oxygens (including phenoxy) is 1. The Morgan fingerprint density at radius 3 is 2.64 bits per heavy atom. The summed E-state index contributed by atoms with van der Waals surface area (Å²) in [6.45, 7) is 6.61. The van der Waals surface area contributed by atoms with Gasteiger partial charge in [0.05, 0.1) is 24.2 Å². The molecule has 0 saturated carbocycles. The van der Waals surface area contributed by atoms with Crippen LogP contribution in [-0.4, -0.2) is 81.7 Å². The summed E-state index contributed by atoms with van der Waals surface area (Å²) in [7, 11) is 1.58. The number of nitrogens with one attached hydrogen (secondary N) is 2. The van der Waals surface area contributed by atoms with E-state index in [2.05, 4.69) is 25.1 Å². The van der Waals surface area contributed by atoms with Crippen LogP contribution < -0.4 is 16.0 Å². The van der Waals surface area contributed by atoms with Crippen molar-refractivity contribution in [2.75, 3.05) is 49.6 Å². The molecule has 14 heteroatoms. The van der Waals surface area contributed by atoms with E-state index in [0.717, 1.165) is 50.1 Å². The first-order valence-corrected chi connectivity index (χ1v) is 13.3. The molecule has 3 aromatic rings. The number of rotatable bonds is 8. The minimum absolute atomic E-state index is 0.0410. The lowest BCUT2D eigenvalue weighted by molar-refractivity contribution is -0.128. The number of alkyl halides is 3. The second kappa shape index (κ2) is 11.0. The Morgan fingerprint density at radius 2 is 1.95 bits per heavy atom. The maximum atomic E-state index is 13.0. The Balaban J connectivity index is 1.39. The van der Waals surface area contributed by atoms with Crippen LogP contribution >= 0.6 is 11.8 Å². The van der Waals surface area contributed by atoms with Gasteiger partial charge in [-0.3, -0.25) is 4.90 Å². The number of anilines is 2. The molecule has 2 aromatic heterocycles. The lowest BCUT2D eigenvalue weighted by Crippen LogP contribution is -2.61. The number of imidazole rings is 1. The molecule has 2 fully saturated rings. The summed E-state index contributed by atoms with van der Waals surface area (Å²) in [6, 6.07) is 7.55. The van der Waals surface area contributed by atoms with Crippen LogP contribution in [0, 0.1) is 5.41 Å². The number of nitrogens with two attached hydrogens (primary N) is 1. The molecule has 2 saturated heterocycles. The third kappa shape index (κ3) is 6.62. The molecule has 4 N–H and O–H groups in total. The summed E-state index contributed by atoms with van der Waals surface area (Å²) in [5.74, 6) is 1.47. The summed E-state index contributed by atoms with van der Waals surface area (Å²) in [4.78, 5) is 18.9. The van der Waals surface area contributed by atoms with E-state index in [1.54, 1.807) is 32.2 Å². The first-order chi connectivity index (χ1) is 18.5. The van der Waals surface area contributed by atoms with E-state index in [1.165, 1.54) is 22.4 Å². The van der Waals surface area contributed by atoms with Gasteiger partial charge in [0.2, 0.25) is 0 Å². The van der Waals surface area contributed by atoms with Gasteiger partial charge in [0, 0.05) is 55.9 Å². The number of morpholine rings is 1. The molecule has 1 aromatic carbocycles. The van der Waals surface area contributed by atoms with Gasteiger partial charge in [-0.2, -0.15) is 13.2 Å². The lowest BCUT2D eigenvalue weighted by Gasteiger charge is -2.47. The first kappa shape index (κ1) is 27.2. The number of fused-ring (bicyclic) bond motifs is 1. The van der Waals surface area contributed by atoms with Gasteiger partial charge in [0.1, 0.15) is 29.7 Å². The number of benzene rings is 1. The molecule has 4 heterocycles. The third-order valence-electron chi connectivity index (χ3n) is 6.60. The topological polar surface area (TPSA) is 121 Å². The van der Waals surface area contributed by atoms with E-state index in [4.69, 9.17) is 20.9 Å². The van der Waals surface area contributed by atoms with Crippen LogP contribution in [0.5, 0.6) is 0 Å². The highest BCUT2D eigenvalue weighted by molar-refractivity contribution is 7.99. The molecule has 0 unspecified atom stereocenters. The van der Waals surface area contributed by atoms with Crippen LogP contribution in [-0.2, 0) is 18.2 Å². The molecule has 0 spiro atoms. The third-order valence-corrected chi connectivity index (χ3v) is 7.45. The van der Waals surface area contributed by atoms with Crippen molar-refractivity contribution in [1.82, 2.24) is 24.4 Å². The highest BCUT2D eigenvalue weighted by atomic mass is 32.2. The van der Waals surface area contributed by atoms with Crippen molar-refractivity contribution in [3.63, 3.8) is 0 Å².